The molecule has 0 amide bonds. The van der Waals surface area contributed by atoms with Crippen LogP contribution >= 0.6 is 0 Å². The van der Waals surface area contributed by atoms with E-state index in [9.17, 15) is 0 Å². The topological polar surface area (TPSA) is 0 Å². The molecule has 1 aliphatic carbocycles. The zero-order chi connectivity index (χ0) is 7.23. The molecule has 1 rings (SSSR count). The minimum absolute atomic E-state index is 0. The molecule has 70 valence electrons. The third-order valence-electron chi connectivity index (χ3n) is 1.52. The van der Waals surface area contributed by atoms with Crippen molar-refractivity contribution in [2.24, 2.45) is 0 Å². The van der Waals surface area contributed by atoms with E-state index >= 15 is 0 Å². The Labute approximate surface area is 141 Å². The molecule has 1 aliphatic rings. The molecule has 0 spiro atoms. The Kier molecular flexibility index (Phi) is 30.0. The average Bonchev–Trinajstić information content (AvgIpc) is 2.03. The van der Waals surface area contributed by atoms with Crippen LogP contribution in [0.2, 0.25) is 0 Å². The molecule has 0 aromatic rings. The number of allylic oxidation sites excluding steroid dienone is 3. The number of unbranched alkanes of at least 4 members (excludes halogenated alkanes) is 1. The Balaban J connectivity index is -0.000000125. The quantitative estimate of drug-likeness (QED) is 0.182. The van der Waals surface area contributed by atoms with Gasteiger partial charge >= 0.3 is 55.3 Å². The van der Waals surface area contributed by atoms with Gasteiger partial charge in [0, 0.05) is 0 Å². The first kappa shape index (κ1) is 24.7. The van der Waals surface area contributed by atoms with Gasteiger partial charge in [0.15, 0.2) is 0 Å². The van der Waals surface area contributed by atoms with Gasteiger partial charge in [-0.15, -0.1) is 5.73 Å². The van der Waals surface area contributed by atoms with Crippen molar-refractivity contribution in [1.82, 2.24) is 0 Å². The van der Waals surface area contributed by atoms with Gasteiger partial charge in [-0.1, -0.05) is 13.3 Å². The van der Waals surface area contributed by atoms with E-state index in [1.165, 1.54) is 25.2 Å². The third kappa shape index (κ3) is 11.7. The van der Waals surface area contributed by atoms with Crippen LogP contribution in [-0.2, 0) is 55.3 Å². The first-order valence-electron chi connectivity index (χ1n) is 3.79. The van der Waals surface area contributed by atoms with Gasteiger partial charge in [0.1, 0.15) is 0 Å². The molecule has 0 bridgehead atoms. The van der Waals surface area contributed by atoms with E-state index in [0.29, 0.717) is 0 Å². The standard InChI is InChI=1S/C10H12.2ClH.2Hg/c1-2-3-7-10-8-5-4-6-9-10;;;;/h4,8-9H,2-3,7H2,1H3;2*1H;;/q;;;2*+1/p-2. The molecule has 2 radical (unpaired) electrons. The van der Waals surface area contributed by atoms with Crippen molar-refractivity contribution >= 4 is 0 Å². The Morgan fingerprint density at radius 1 is 1.29 bits per heavy atom. The van der Waals surface area contributed by atoms with E-state index in [-0.39, 0.29) is 80.2 Å². The summed E-state index contributed by atoms with van der Waals surface area (Å²) in [5.74, 6) is 1.35. The summed E-state index contributed by atoms with van der Waals surface area (Å²) in [6, 6.07) is 0. The maximum Gasteiger partial charge on any atom is 1.00 e. The van der Waals surface area contributed by atoms with E-state index in [1.807, 2.05) is 18.2 Å². The minimum Gasteiger partial charge on any atom is -1.00 e. The van der Waals surface area contributed by atoms with Gasteiger partial charge in [0.25, 0.3) is 0 Å². The molecular weight excluding hydrogens is 592 g/mol. The maximum absolute atomic E-state index is 3.01. The van der Waals surface area contributed by atoms with Crippen molar-refractivity contribution in [3.63, 3.8) is 0 Å². The number of halogens is 2. The van der Waals surface area contributed by atoms with E-state index in [2.05, 4.69) is 18.7 Å². The Morgan fingerprint density at radius 3 is 2.36 bits per heavy atom. The minimum atomic E-state index is 0. The predicted octanol–water partition coefficient (Wildman–Crippen LogP) is -3.16. The third-order valence-corrected chi connectivity index (χ3v) is 1.52. The molecule has 4 heteroatoms. The van der Waals surface area contributed by atoms with Crippen LogP contribution in [0.15, 0.2) is 24.0 Å². The van der Waals surface area contributed by atoms with Crippen LogP contribution in [0.4, 0.5) is 0 Å². The largest absolute Gasteiger partial charge is 1.00 e. The fourth-order valence-electron chi connectivity index (χ4n) is 0.912. The predicted molar refractivity (Wildman–Crippen MR) is 43.2 cm³/mol. The molecule has 0 atom stereocenters. The summed E-state index contributed by atoms with van der Waals surface area (Å²) in [6.45, 7) is 2.20. The van der Waals surface area contributed by atoms with E-state index in [0.717, 1.165) is 0 Å². The first-order chi connectivity index (χ1) is 4.93. The summed E-state index contributed by atoms with van der Waals surface area (Å²) in [5.41, 5.74) is 3.01. The van der Waals surface area contributed by atoms with Crippen molar-refractivity contribution < 1.29 is 80.2 Å². The maximum atomic E-state index is 3.01. The van der Waals surface area contributed by atoms with Gasteiger partial charge in [-0.25, -0.2) is 0 Å². The second kappa shape index (κ2) is 17.0. The zero-order valence-corrected chi connectivity index (χ0v) is 21.0. The number of rotatable bonds is 3. The smallest absolute Gasteiger partial charge is 1.00 e. The normalized spacial score (nSPS) is 10.5. The second-order valence-electron chi connectivity index (χ2n) is 2.44. The van der Waals surface area contributed by atoms with Crippen molar-refractivity contribution in [2.45, 2.75) is 26.2 Å². The van der Waals surface area contributed by atoms with Gasteiger partial charge in [0.2, 0.25) is 0 Å². The molecule has 0 saturated heterocycles. The summed E-state index contributed by atoms with van der Waals surface area (Å²) in [6.07, 6.45) is 12.6. The second-order valence-corrected chi connectivity index (χ2v) is 2.44. The first-order valence-corrected chi connectivity index (χ1v) is 3.79. The molecule has 0 heterocycles. The fourth-order valence-corrected chi connectivity index (χ4v) is 0.912. The summed E-state index contributed by atoms with van der Waals surface area (Å²) in [4.78, 5) is 0. The van der Waals surface area contributed by atoms with Gasteiger partial charge in [-0.05, 0) is 43.1 Å². The zero-order valence-electron chi connectivity index (χ0n) is 8.52. The van der Waals surface area contributed by atoms with Crippen LogP contribution in [-0.4, -0.2) is 0 Å². The van der Waals surface area contributed by atoms with Crippen molar-refractivity contribution in [3.05, 3.63) is 36.0 Å². The van der Waals surface area contributed by atoms with Gasteiger partial charge in [0.05, 0.1) is 0 Å². The van der Waals surface area contributed by atoms with Crippen molar-refractivity contribution in [2.75, 3.05) is 0 Å². The molecule has 0 nitrogen and oxygen atoms in total. The van der Waals surface area contributed by atoms with Gasteiger partial charge < -0.3 is 24.8 Å². The average molecular weight is 604 g/mol. The van der Waals surface area contributed by atoms with Crippen LogP contribution in [0.1, 0.15) is 26.2 Å². The Morgan fingerprint density at radius 2 is 1.93 bits per heavy atom. The monoisotopic (exact) mass is 606 g/mol. The van der Waals surface area contributed by atoms with Crippen LogP contribution < -0.4 is 24.8 Å². The van der Waals surface area contributed by atoms with E-state index in [4.69, 9.17) is 0 Å². The summed E-state index contributed by atoms with van der Waals surface area (Å²) in [7, 11) is 0. The molecule has 0 saturated carbocycles. The molecule has 0 aromatic carbocycles. The van der Waals surface area contributed by atoms with Crippen molar-refractivity contribution in [1.29, 1.82) is 0 Å². The fraction of sp³-hybridized carbons (Fsp3) is 0.400. The van der Waals surface area contributed by atoms with E-state index < -0.39 is 0 Å². The summed E-state index contributed by atoms with van der Waals surface area (Å²) < 4.78 is 0. The van der Waals surface area contributed by atoms with Gasteiger partial charge in [-0.2, -0.15) is 0 Å². The molecule has 0 aliphatic heterocycles. The number of hydrogen-bond acceptors (Lipinski definition) is 0. The van der Waals surface area contributed by atoms with Crippen molar-refractivity contribution in [3.8, 4) is 0 Å². The number of hydrogen-bond donors (Lipinski definition) is 0. The van der Waals surface area contributed by atoms with Crippen LogP contribution in [0.5, 0.6) is 0 Å². The SMILES string of the molecule is CCCC[C+]1C=C=C[C-]=C1.[Cl-].[Cl-].[Hg+].[Hg+]. The van der Waals surface area contributed by atoms with Crippen LogP contribution in [0.3, 0.4) is 0 Å². The van der Waals surface area contributed by atoms with Gasteiger partial charge in [-0.3, -0.25) is 0 Å². The van der Waals surface area contributed by atoms with Crippen LogP contribution in [0, 0.1) is 12.0 Å². The molecular formula is C10H12Cl2Hg2. The molecule has 14 heavy (non-hydrogen) atoms. The van der Waals surface area contributed by atoms with E-state index in [1.54, 1.807) is 0 Å². The molecule has 0 fully saturated rings. The van der Waals surface area contributed by atoms with Crippen LogP contribution in [0.25, 0.3) is 0 Å². The molecule has 0 aromatic heterocycles. The molecule has 0 unspecified atom stereocenters. The molecule has 0 N–H and O–H groups in total. The Hall–Kier alpha value is 1.58. The Bertz CT molecular complexity index is 185. The summed E-state index contributed by atoms with van der Waals surface area (Å²) >= 11 is 0. The summed E-state index contributed by atoms with van der Waals surface area (Å²) in [5, 5.41) is 0.